The van der Waals surface area contributed by atoms with Crippen LogP contribution in [-0.4, -0.2) is 76.8 Å². The Bertz CT molecular complexity index is 1580. The number of aromatic nitrogens is 2. The fraction of sp³-hybridized carbons (Fsp3) is 0.514. The first-order valence-corrected chi connectivity index (χ1v) is 17.2. The number of amides is 1. The van der Waals surface area contributed by atoms with Crippen molar-refractivity contribution < 1.29 is 14.6 Å². The highest BCUT2D eigenvalue weighted by atomic mass is 35.5. The molecular weight excluding hydrogens is 612 g/mol. The predicted octanol–water partition coefficient (Wildman–Crippen LogP) is 6.98. The summed E-state index contributed by atoms with van der Waals surface area (Å²) >= 11 is 6.28. The second-order valence-corrected chi connectivity index (χ2v) is 14.6. The van der Waals surface area contributed by atoms with E-state index in [2.05, 4.69) is 46.8 Å². The molecule has 3 aromatic rings. The van der Waals surface area contributed by atoms with Crippen molar-refractivity contribution in [3.8, 4) is 11.8 Å². The van der Waals surface area contributed by atoms with E-state index >= 15 is 0 Å². The van der Waals surface area contributed by atoms with Gasteiger partial charge in [-0.15, -0.1) is 0 Å². The van der Waals surface area contributed by atoms with Gasteiger partial charge in [0.25, 0.3) is 0 Å². The van der Waals surface area contributed by atoms with Crippen LogP contribution in [0.2, 0.25) is 5.02 Å². The number of ether oxygens (including phenoxy) is 1. The molecule has 3 saturated heterocycles. The fourth-order valence-electron chi connectivity index (χ4n) is 7.49. The number of rotatable bonds is 8. The second kappa shape index (κ2) is 14.1. The number of carboxylic acid groups (broad SMARTS) is 1. The van der Waals surface area contributed by atoms with Crippen LogP contribution in [0.25, 0.3) is 0 Å². The van der Waals surface area contributed by atoms with Crippen molar-refractivity contribution >= 4 is 23.6 Å². The van der Waals surface area contributed by atoms with Gasteiger partial charge in [-0.3, -0.25) is 0 Å². The zero-order chi connectivity index (χ0) is 33.0. The van der Waals surface area contributed by atoms with Crippen LogP contribution in [0.4, 0.5) is 10.7 Å². The van der Waals surface area contributed by atoms with Crippen molar-refractivity contribution in [3.63, 3.8) is 0 Å². The third-order valence-corrected chi connectivity index (χ3v) is 11.1. The molecule has 0 bridgehead atoms. The van der Waals surface area contributed by atoms with E-state index < -0.39 is 6.09 Å². The van der Waals surface area contributed by atoms with E-state index in [1.54, 1.807) is 11.0 Å². The predicted molar refractivity (Wildman–Crippen MR) is 183 cm³/mol. The lowest BCUT2D eigenvalue weighted by Gasteiger charge is -2.47. The number of benzene rings is 2. The van der Waals surface area contributed by atoms with Crippen LogP contribution in [0.5, 0.6) is 5.75 Å². The minimum atomic E-state index is -0.782. The van der Waals surface area contributed by atoms with Gasteiger partial charge >= 0.3 is 6.09 Å². The van der Waals surface area contributed by atoms with Gasteiger partial charge in [-0.25, -0.2) is 14.8 Å². The van der Waals surface area contributed by atoms with Crippen molar-refractivity contribution in [2.24, 2.45) is 11.3 Å². The SMILES string of the molecule is CC(C)(c1ccc(OCc2ccnc(N3CCC4(CCN(CC5CCN(C(=O)O)CC5)CC4)CC3)n2)cc1)c1cc(Cl)cc(C#N)c1. The molecule has 6 rings (SSSR count). The smallest absolute Gasteiger partial charge is 0.407 e. The Morgan fingerprint density at radius 3 is 2.34 bits per heavy atom. The van der Waals surface area contributed by atoms with E-state index in [1.165, 1.54) is 12.8 Å². The Labute approximate surface area is 283 Å². The molecule has 3 aliphatic heterocycles. The number of piperidine rings is 3. The van der Waals surface area contributed by atoms with Gasteiger partial charge in [0.05, 0.1) is 17.3 Å². The summed E-state index contributed by atoms with van der Waals surface area (Å²) in [6.07, 6.45) is 7.81. The molecular formula is C37H45ClN6O3. The summed E-state index contributed by atoms with van der Waals surface area (Å²) in [6.45, 7) is 11.3. The Morgan fingerprint density at radius 1 is 1.00 bits per heavy atom. The number of halogens is 1. The van der Waals surface area contributed by atoms with Crippen LogP contribution in [0.15, 0.2) is 54.7 Å². The van der Waals surface area contributed by atoms with Crippen LogP contribution < -0.4 is 9.64 Å². The average Bonchev–Trinajstić information content (AvgIpc) is 3.09. The molecule has 1 N–H and O–H groups in total. The number of nitriles is 1. The van der Waals surface area contributed by atoms with Crippen LogP contribution >= 0.6 is 11.6 Å². The molecule has 0 atom stereocenters. The van der Waals surface area contributed by atoms with Gasteiger partial charge in [-0.05, 0) is 110 Å². The van der Waals surface area contributed by atoms with E-state index in [4.69, 9.17) is 21.3 Å². The zero-order valence-corrected chi connectivity index (χ0v) is 28.3. The first-order valence-electron chi connectivity index (χ1n) is 16.8. The minimum absolute atomic E-state index is 0.330. The molecule has 0 saturated carbocycles. The van der Waals surface area contributed by atoms with E-state index in [9.17, 15) is 15.2 Å². The maximum Gasteiger partial charge on any atom is 0.407 e. The Balaban J connectivity index is 0.975. The highest BCUT2D eigenvalue weighted by Gasteiger charge is 2.38. The first-order chi connectivity index (χ1) is 22.6. The third-order valence-electron chi connectivity index (χ3n) is 10.8. The van der Waals surface area contributed by atoms with Crippen LogP contribution in [-0.2, 0) is 12.0 Å². The minimum Gasteiger partial charge on any atom is -0.487 e. The average molecular weight is 657 g/mol. The molecule has 0 unspecified atom stereocenters. The highest BCUT2D eigenvalue weighted by molar-refractivity contribution is 6.30. The quantitative estimate of drug-likeness (QED) is 0.277. The molecule has 1 spiro atoms. The number of hydrogen-bond donors (Lipinski definition) is 1. The summed E-state index contributed by atoms with van der Waals surface area (Å²) < 4.78 is 6.13. The van der Waals surface area contributed by atoms with Crippen LogP contribution in [0.3, 0.4) is 0 Å². The summed E-state index contributed by atoms with van der Waals surface area (Å²) in [4.78, 5) is 27.2. The molecule has 0 aliphatic carbocycles. The van der Waals surface area contributed by atoms with Crippen LogP contribution in [0, 0.1) is 22.7 Å². The van der Waals surface area contributed by atoms with Gasteiger partial charge in [-0.2, -0.15) is 5.26 Å². The van der Waals surface area contributed by atoms with Gasteiger partial charge in [0, 0.05) is 49.4 Å². The lowest BCUT2D eigenvalue weighted by molar-refractivity contribution is 0.0594. The number of hydrogen-bond acceptors (Lipinski definition) is 7. The molecule has 3 fully saturated rings. The lowest BCUT2D eigenvalue weighted by atomic mass is 9.71. The standard InChI is InChI=1S/C37H45ClN6O3/c1-36(2,30-21-28(24-39)22-31(38)23-30)29-3-5-33(6-4-29)47-26-32-7-14-40-34(41-32)43-19-12-37(13-20-43)10-17-42(18-11-37)25-27-8-15-44(16-9-27)35(45)46/h3-7,14,21-23,27H,8-13,15-20,25-26H2,1-2H3,(H,45,46). The van der Waals surface area contributed by atoms with Gasteiger partial charge in [0.15, 0.2) is 0 Å². The Hall–Kier alpha value is -3.87. The molecule has 4 heterocycles. The van der Waals surface area contributed by atoms with Crippen LogP contribution in [0.1, 0.15) is 74.8 Å². The maximum atomic E-state index is 11.2. The normalized spacial score (nSPS) is 19.0. The maximum absolute atomic E-state index is 11.2. The molecule has 47 heavy (non-hydrogen) atoms. The van der Waals surface area contributed by atoms with Crippen molar-refractivity contribution in [2.45, 2.75) is 64.4 Å². The number of carbonyl (C=O) groups is 1. The Morgan fingerprint density at radius 2 is 1.68 bits per heavy atom. The molecule has 248 valence electrons. The number of nitrogens with zero attached hydrogens (tertiary/aromatic N) is 6. The monoisotopic (exact) mass is 656 g/mol. The number of likely N-dealkylation sites (tertiary alicyclic amines) is 2. The fourth-order valence-corrected chi connectivity index (χ4v) is 7.72. The topological polar surface area (TPSA) is 106 Å². The highest BCUT2D eigenvalue weighted by Crippen LogP contribution is 2.42. The Kier molecular flexibility index (Phi) is 9.90. The van der Waals surface area contributed by atoms with Gasteiger partial charge in [0.1, 0.15) is 12.4 Å². The third kappa shape index (κ3) is 7.82. The zero-order valence-electron chi connectivity index (χ0n) is 27.5. The summed E-state index contributed by atoms with van der Waals surface area (Å²) in [5, 5.41) is 19.2. The summed E-state index contributed by atoms with van der Waals surface area (Å²) in [5.41, 5.74) is 3.58. The molecule has 2 aromatic carbocycles. The van der Waals surface area contributed by atoms with Gasteiger partial charge in [0.2, 0.25) is 5.95 Å². The molecule has 9 nitrogen and oxygen atoms in total. The van der Waals surface area contributed by atoms with Crippen molar-refractivity contribution in [3.05, 3.63) is 82.1 Å². The second-order valence-electron chi connectivity index (χ2n) is 14.1. The molecule has 0 radical (unpaired) electrons. The van der Waals surface area contributed by atoms with Crippen molar-refractivity contribution in [1.29, 1.82) is 5.26 Å². The van der Waals surface area contributed by atoms with E-state index in [1.807, 2.05) is 36.5 Å². The van der Waals surface area contributed by atoms with Gasteiger partial charge < -0.3 is 24.5 Å². The molecule has 1 aromatic heterocycles. The van der Waals surface area contributed by atoms with Crippen molar-refractivity contribution in [2.75, 3.05) is 50.7 Å². The van der Waals surface area contributed by atoms with Crippen molar-refractivity contribution in [1.82, 2.24) is 19.8 Å². The molecule has 10 heteroatoms. The van der Waals surface area contributed by atoms with E-state index in [0.29, 0.717) is 41.6 Å². The lowest BCUT2D eigenvalue weighted by Crippen LogP contribution is -2.48. The summed E-state index contributed by atoms with van der Waals surface area (Å²) in [7, 11) is 0. The summed E-state index contributed by atoms with van der Waals surface area (Å²) in [5.74, 6) is 2.16. The largest absolute Gasteiger partial charge is 0.487 e. The number of anilines is 1. The summed E-state index contributed by atoms with van der Waals surface area (Å²) in [6, 6.07) is 17.7. The van der Waals surface area contributed by atoms with Gasteiger partial charge in [-0.1, -0.05) is 37.6 Å². The molecule has 1 amide bonds. The van der Waals surface area contributed by atoms with E-state index in [0.717, 1.165) is 86.9 Å². The first kappa shape index (κ1) is 33.0. The van der Waals surface area contributed by atoms with E-state index in [-0.39, 0.29) is 5.41 Å². The molecule has 3 aliphatic rings.